The number of benzene rings is 8. The van der Waals surface area contributed by atoms with Crippen molar-refractivity contribution in [2.24, 2.45) is 0 Å². The average molecular weight is 694 g/mol. The molecule has 0 amide bonds. The number of fused-ring (bicyclic) bond motifs is 13. The van der Waals surface area contributed by atoms with Crippen molar-refractivity contribution in [3.8, 4) is 44.5 Å². The summed E-state index contributed by atoms with van der Waals surface area (Å²) in [6.45, 7) is 4.60. The average Bonchev–Trinajstić information content (AvgIpc) is 3.77. The molecule has 0 heterocycles. The van der Waals surface area contributed by atoms with Crippen molar-refractivity contribution in [3.63, 3.8) is 0 Å². The molecule has 8 aromatic rings. The predicted molar refractivity (Wildman–Crippen MR) is 220 cm³/mol. The second-order valence-electron chi connectivity index (χ2n) is 15.4. The van der Waals surface area contributed by atoms with Crippen LogP contribution in [0.15, 0.2) is 182 Å². The van der Waals surface area contributed by atoms with Gasteiger partial charge in [-0.1, -0.05) is 147 Å². The number of para-hydroxylation sites is 1. The van der Waals surface area contributed by atoms with Gasteiger partial charge in [0, 0.05) is 22.5 Å². The molecule has 11 rings (SSSR count). The molecule has 0 unspecified atom stereocenters. The minimum atomic E-state index is -0.407. The van der Waals surface area contributed by atoms with Crippen LogP contribution >= 0.6 is 0 Å². The fraction of sp³-hybridized carbons (Fsp3) is 0.0769. The summed E-state index contributed by atoms with van der Waals surface area (Å²) in [7, 11) is 0. The summed E-state index contributed by atoms with van der Waals surface area (Å²) in [6, 6.07) is 64.5. The Morgan fingerprint density at radius 1 is 0.352 bits per heavy atom. The SMILES string of the molecule is CC1(C)c2ccccc2-c2ccc(N(c3ccccc3)c3cc(F)cc(-c4ccc5c(c4)-c4ccccc4C54c5ccccc5-c5ccccc54)c3)cc21. The Hall–Kier alpha value is -6.51. The van der Waals surface area contributed by atoms with E-state index >= 15 is 4.39 Å². The van der Waals surface area contributed by atoms with Crippen LogP contribution in [0.3, 0.4) is 0 Å². The van der Waals surface area contributed by atoms with E-state index in [1.165, 1.54) is 66.8 Å². The largest absolute Gasteiger partial charge is 0.310 e. The van der Waals surface area contributed by atoms with Crippen LogP contribution in [0.2, 0.25) is 0 Å². The Morgan fingerprint density at radius 2 is 0.870 bits per heavy atom. The van der Waals surface area contributed by atoms with Crippen LogP contribution in [0, 0.1) is 5.82 Å². The molecule has 0 fully saturated rings. The van der Waals surface area contributed by atoms with Crippen LogP contribution in [0.4, 0.5) is 21.5 Å². The van der Waals surface area contributed by atoms with E-state index in [0.717, 1.165) is 28.2 Å². The molecule has 1 nitrogen and oxygen atoms in total. The lowest BCUT2D eigenvalue weighted by Crippen LogP contribution is -2.25. The summed E-state index contributed by atoms with van der Waals surface area (Å²) < 4.78 is 16.1. The molecule has 0 aliphatic heterocycles. The second kappa shape index (κ2) is 11.2. The lowest BCUT2D eigenvalue weighted by atomic mass is 9.70. The first kappa shape index (κ1) is 31.1. The van der Waals surface area contributed by atoms with E-state index in [1.54, 1.807) is 12.1 Å². The molecule has 0 atom stereocenters. The fourth-order valence-electron chi connectivity index (χ4n) is 10.0. The van der Waals surface area contributed by atoms with Gasteiger partial charge in [0.1, 0.15) is 5.82 Å². The molecule has 0 aromatic heterocycles. The lowest BCUT2D eigenvalue weighted by molar-refractivity contribution is 0.628. The van der Waals surface area contributed by atoms with Gasteiger partial charge in [0.05, 0.1) is 5.41 Å². The monoisotopic (exact) mass is 693 g/mol. The van der Waals surface area contributed by atoms with Gasteiger partial charge < -0.3 is 4.90 Å². The first-order valence-electron chi connectivity index (χ1n) is 18.8. The third-order valence-corrected chi connectivity index (χ3v) is 12.3. The number of hydrogen-bond acceptors (Lipinski definition) is 1. The molecule has 0 saturated heterocycles. The van der Waals surface area contributed by atoms with Gasteiger partial charge in [-0.05, 0) is 126 Å². The van der Waals surface area contributed by atoms with Crippen molar-refractivity contribution in [3.05, 3.63) is 221 Å². The normalized spacial score (nSPS) is 14.5. The summed E-state index contributed by atoms with van der Waals surface area (Å²) in [4.78, 5) is 2.19. The van der Waals surface area contributed by atoms with Crippen molar-refractivity contribution >= 4 is 17.1 Å². The van der Waals surface area contributed by atoms with Crippen molar-refractivity contribution in [1.82, 2.24) is 0 Å². The van der Waals surface area contributed by atoms with E-state index in [0.29, 0.717) is 0 Å². The third-order valence-electron chi connectivity index (χ3n) is 12.3. The van der Waals surface area contributed by atoms with Gasteiger partial charge in [-0.25, -0.2) is 4.39 Å². The summed E-state index contributed by atoms with van der Waals surface area (Å²) in [5, 5.41) is 0. The molecule has 3 aliphatic rings. The Balaban J connectivity index is 1.08. The summed E-state index contributed by atoms with van der Waals surface area (Å²) in [5.74, 6) is -0.270. The quantitative estimate of drug-likeness (QED) is 0.177. The van der Waals surface area contributed by atoms with Gasteiger partial charge in [-0.15, -0.1) is 0 Å². The van der Waals surface area contributed by atoms with Crippen LogP contribution in [0.5, 0.6) is 0 Å². The maximum Gasteiger partial charge on any atom is 0.125 e. The highest BCUT2D eigenvalue weighted by Crippen LogP contribution is 2.63. The summed E-state index contributed by atoms with van der Waals surface area (Å²) in [6.07, 6.45) is 0. The number of halogens is 1. The predicted octanol–water partition coefficient (Wildman–Crippen LogP) is 13.6. The van der Waals surface area contributed by atoms with Crippen LogP contribution in [0.1, 0.15) is 47.2 Å². The molecule has 256 valence electrons. The van der Waals surface area contributed by atoms with Gasteiger partial charge in [0.2, 0.25) is 0 Å². The summed E-state index contributed by atoms with van der Waals surface area (Å²) >= 11 is 0. The molecule has 8 aromatic carbocycles. The lowest BCUT2D eigenvalue weighted by Gasteiger charge is -2.30. The molecule has 2 heteroatoms. The van der Waals surface area contributed by atoms with Crippen molar-refractivity contribution in [2.75, 3.05) is 4.90 Å². The molecule has 0 radical (unpaired) electrons. The first-order valence-corrected chi connectivity index (χ1v) is 18.8. The van der Waals surface area contributed by atoms with E-state index in [2.05, 4.69) is 170 Å². The Labute approximate surface area is 315 Å². The highest BCUT2D eigenvalue weighted by Gasteiger charge is 2.51. The highest BCUT2D eigenvalue weighted by molar-refractivity contribution is 5.96. The topological polar surface area (TPSA) is 3.24 Å². The zero-order valence-corrected chi connectivity index (χ0v) is 30.1. The minimum absolute atomic E-state index is 0.157. The zero-order valence-electron chi connectivity index (χ0n) is 30.1. The Bertz CT molecular complexity index is 2780. The van der Waals surface area contributed by atoms with Crippen molar-refractivity contribution in [1.29, 1.82) is 0 Å². The number of nitrogens with zero attached hydrogens (tertiary/aromatic N) is 1. The van der Waals surface area contributed by atoms with Crippen LogP contribution in [0.25, 0.3) is 44.5 Å². The first-order chi connectivity index (χ1) is 26.4. The Morgan fingerprint density at radius 3 is 1.52 bits per heavy atom. The molecular weight excluding hydrogens is 658 g/mol. The van der Waals surface area contributed by atoms with Gasteiger partial charge in [-0.2, -0.15) is 0 Å². The van der Waals surface area contributed by atoms with Crippen LogP contribution < -0.4 is 4.90 Å². The van der Waals surface area contributed by atoms with Crippen LogP contribution in [-0.4, -0.2) is 0 Å². The number of hydrogen-bond donors (Lipinski definition) is 0. The maximum atomic E-state index is 16.1. The second-order valence-corrected chi connectivity index (χ2v) is 15.4. The fourth-order valence-corrected chi connectivity index (χ4v) is 10.0. The van der Waals surface area contributed by atoms with Gasteiger partial charge in [0.25, 0.3) is 0 Å². The molecule has 54 heavy (non-hydrogen) atoms. The maximum absolute atomic E-state index is 16.1. The molecule has 0 saturated carbocycles. The van der Waals surface area contributed by atoms with Crippen molar-refractivity contribution in [2.45, 2.75) is 24.7 Å². The third kappa shape index (κ3) is 4.14. The standard InChI is InChI=1S/C52H36FN/c1-51(2)45-20-10-6-16-39(45)43-26-25-37(32-50(43)51)54(36-14-4-3-5-15-36)38-29-34(28-35(53)31-38)33-24-27-49-44(30-33)42-19-9-13-23-48(42)52(49)46-21-11-7-17-40(46)41-18-8-12-22-47(41)52/h3-32H,1-2H3. The van der Waals surface area contributed by atoms with E-state index in [1.807, 2.05) is 18.2 Å². The molecule has 0 bridgehead atoms. The van der Waals surface area contributed by atoms with Gasteiger partial charge in [0.15, 0.2) is 0 Å². The number of rotatable bonds is 4. The molecule has 3 aliphatic carbocycles. The van der Waals surface area contributed by atoms with Gasteiger partial charge in [-0.3, -0.25) is 0 Å². The highest BCUT2D eigenvalue weighted by atomic mass is 19.1. The number of anilines is 3. The van der Waals surface area contributed by atoms with Gasteiger partial charge >= 0.3 is 0 Å². The van der Waals surface area contributed by atoms with E-state index in [4.69, 9.17) is 0 Å². The smallest absolute Gasteiger partial charge is 0.125 e. The van der Waals surface area contributed by atoms with Crippen molar-refractivity contribution < 1.29 is 4.39 Å². The van der Waals surface area contributed by atoms with Crippen LogP contribution in [-0.2, 0) is 10.8 Å². The summed E-state index contributed by atoms with van der Waals surface area (Å²) in [5.41, 5.74) is 19.4. The van der Waals surface area contributed by atoms with E-state index in [-0.39, 0.29) is 11.2 Å². The van der Waals surface area contributed by atoms with E-state index < -0.39 is 5.41 Å². The van der Waals surface area contributed by atoms with E-state index in [9.17, 15) is 0 Å². The molecular formula is C52H36FN. The Kier molecular flexibility index (Phi) is 6.47. The molecule has 0 N–H and O–H groups in total. The minimum Gasteiger partial charge on any atom is -0.310 e. The molecule has 1 spiro atoms. The zero-order chi connectivity index (χ0) is 36.2.